The molecule has 0 atom stereocenters. The van der Waals surface area contributed by atoms with Gasteiger partial charge in [0.05, 0.1) is 26.9 Å². The highest BCUT2D eigenvalue weighted by atomic mass is 35.5. The van der Waals surface area contributed by atoms with E-state index in [1.54, 1.807) is 18.2 Å². The molecule has 0 bridgehead atoms. The molecule has 1 saturated heterocycles. The quantitative estimate of drug-likeness (QED) is 0.659. The minimum absolute atomic E-state index is 0.0991. The number of carbonyl (C=O) groups is 3. The Morgan fingerprint density at radius 1 is 0.786 bits per heavy atom. The summed E-state index contributed by atoms with van der Waals surface area (Å²) in [5.41, 5.74) is 1.29. The standard InChI is InChI=1S/C21H18Cl2N2O3/c22-17-8-6-14(12-18(17)23)25-20(27)15-7-5-13(11-16(15)21(25)28)19(26)24-9-3-1-2-4-10-24/h5-8,11-12H,1-4,9-10H2. The second kappa shape index (κ2) is 7.57. The zero-order valence-corrected chi connectivity index (χ0v) is 16.6. The summed E-state index contributed by atoms with van der Waals surface area (Å²) in [6.45, 7) is 1.44. The third-order valence-corrected chi connectivity index (χ3v) is 5.93. The molecule has 3 amide bonds. The SMILES string of the molecule is O=C(c1ccc2c(c1)C(=O)N(c1ccc(Cl)c(Cl)c1)C2=O)N1CCCCCC1. The summed E-state index contributed by atoms with van der Waals surface area (Å²) in [5.74, 6) is -1.01. The van der Waals surface area contributed by atoms with Gasteiger partial charge in [0.2, 0.25) is 0 Å². The van der Waals surface area contributed by atoms with Gasteiger partial charge in [-0.1, -0.05) is 36.0 Å². The molecule has 0 spiro atoms. The molecule has 0 aliphatic carbocycles. The van der Waals surface area contributed by atoms with Crippen LogP contribution in [0.25, 0.3) is 0 Å². The minimum Gasteiger partial charge on any atom is -0.339 e. The highest BCUT2D eigenvalue weighted by Gasteiger charge is 2.37. The van der Waals surface area contributed by atoms with Crippen molar-refractivity contribution in [2.75, 3.05) is 18.0 Å². The molecule has 2 aliphatic heterocycles. The number of likely N-dealkylation sites (tertiary alicyclic amines) is 1. The van der Waals surface area contributed by atoms with Crippen molar-refractivity contribution in [2.24, 2.45) is 0 Å². The normalized spacial score (nSPS) is 16.9. The van der Waals surface area contributed by atoms with Crippen LogP contribution < -0.4 is 4.90 Å². The van der Waals surface area contributed by atoms with Crippen molar-refractivity contribution in [3.8, 4) is 0 Å². The second-order valence-corrected chi connectivity index (χ2v) is 7.83. The molecule has 0 saturated carbocycles. The van der Waals surface area contributed by atoms with Crippen LogP contribution in [-0.2, 0) is 0 Å². The Bertz CT molecular complexity index is 982. The average molecular weight is 417 g/mol. The van der Waals surface area contributed by atoms with Gasteiger partial charge in [0.15, 0.2) is 0 Å². The average Bonchev–Trinajstić information content (AvgIpc) is 2.88. The van der Waals surface area contributed by atoms with E-state index in [1.165, 1.54) is 18.2 Å². The largest absolute Gasteiger partial charge is 0.339 e. The summed E-state index contributed by atoms with van der Waals surface area (Å²) in [5, 5.41) is 0.597. The number of carbonyl (C=O) groups excluding carboxylic acids is 3. The summed E-state index contributed by atoms with van der Waals surface area (Å²) >= 11 is 12.0. The number of hydrogen-bond acceptors (Lipinski definition) is 3. The van der Waals surface area contributed by atoms with Gasteiger partial charge < -0.3 is 4.90 Å². The zero-order valence-electron chi connectivity index (χ0n) is 15.1. The van der Waals surface area contributed by atoms with E-state index in [-0.39, 0.29) is 22.1 Å². The lowest BCUT2D eigenvalue weighted by Gasteiger charge is -2.20. The van der Waals surface area contributed by atoms with Crippen LogP contribution in [-0.4, -0.2) is 35.7 Å². The highest BCUT2D eigenvalue weighted by molar-refractivity contribution is 6.42. The van der Waals surface area contributed by atoms with E-state index in [1.807, 2.05) is 4.90 Å². The number of anilines is 1. The molecular weight excluding hydrogens is 399 g/mol. The Balaban J connectivity index is 1.65. The zero-order chi connectivity index (χ0) is 19.8. The monoisotopic (exact) mass is 416 g/mol. The van der Waals surface area contributed by atoms with Gasteiger partial charge in [0.1, 0.15) is 0 Å². The van der Waals surface area contributed by atoms with E-state index >= 15 is 0 Å². The molecule has 28 heavy (non-hydrogen) atoms. The van der Waals surface area contributed by atoms with Crippen molar-refractivity contribution in [1.82, 2.24) is 4.90 Å². The van der Waals surface area contributed by atoms with Gasteiger partial charge in [-0.2, -0.15) is 0 Å². The Morgan fingerprint density at radius 3 is 2.14 bits per heavy atom. The van der Waals surface area contributed by atoms with Crippen LogP contribution in [0.15, 0.2) is 36.4 Å². The third-order valence-electron chi connectivity index (χ3n) is 5.19. The van der Waals surface area contributed by atoms with Gasteiger partial charge >= 0.3 is 0 Å². The predicted octanol–water partition coefficient (Wildman–Crippen LogP) is 4.81. The summed E-state index contributed by atoms with van der Waals surface area (Å²) in [7, 11) is 0. The molecular formula is C21H18Cl2N2O3. The number of benzene rings is 2. The summed E-state index contributed by atoms with van der Waals surface area (Å²) < 4.78 is 0. The van der Waals surface area contributed by atoms with Crippen LogP contribution in [0.2, 0.25) is 10.0 Å². The van der Waals surface area contributed by atoms with Gasteiger partial charge in [0, 0.05) is 18.7 Å². The molecule has 2 aromatic carbocycles. The van der Waals surface area contributed by atoms with E-state index in [0.29, 0.717) is 16.3 Å². The molecule has 5 nitrogen and oxygen atoms in total. The van der Waals surface area contributed by atoms with Crippen molar-refractivity contribution in [3.63, 3.8) is 0 Å². The van der Waals surface area contributed by atoms with E-state index in [2.05, 4.69) is 0 Å². The molecule has 0 radical (unpaired) electrons. The number of rotatable bonds is 2. The topological polar surface area (TPSA) is 57.7 Å². The summed E-state index contributed by atoms with van der Waals surface area (Å²) in [4.78, 5) is 41.4. The molecule has 0 unspecified atom stereocenters. The van der Waals surface area contributed by atoms with Gasteiger partial charge in [0.25, 0.3) is 17.7 Å². The number of nitrogens with zero attached hydrogens (tertiary/aromatic N) is 2. The highest BCUT2D eigenvalue weighted by Crippen LogP contribution is 2.33. The maximum Gasteiger partial charge on any atom is 0.266 e. The molecule has 0 N–H and O–H groups in total. The van der Waals surface area contributed by atoms with Crippen molar-refractivity contribution in [1.29, 1.82) is 0 Å². The van der Waals surface area contributed by atoms with Gasteiger partial charge in [-0.15, -0.1) is 0 Å². The van der Waals surface area contributed by atoms with Crippen molar-refractivity contribution in [2.45, 2.75) is 25.7 Å². The third kappa shape index (κ3) is 3.29. The van der Waals surface area contributed by atoms with E-state index in [9.17, 15) is 14.4 Å². The number of amides is 3. The fourth-order valence-electron chi connectivity index (χ4n) is 3.69. The first-order chi connectivity index (χ1) is 13.5. The fraction of sp³-hybridized carbons (Fsp3) is 0.286. The number of hydrogen-bond donors (Lipinski definition) is 0. The van der Waals surface area contributed by atoms with Crippen molar-refractivity contribution >= 4 is 46.6 Å². The molecule has 7 heteroatoms. The lowest BCUT2D eigenvalue weighted by Crippen LogP contribution is -2.32. The van der Waals surface area contributed by atoms with Crippen LogP contribution in [0.3, 0.4) is 0 Å². The lowest BCUT2D eigenvalue weighted by atomic mass is 10.0. The second-order valence-electron chi connectivity index (χ2n) is 7.01. The predicted molar refractivity (Wildman–Crippen MR) is 108 cm³/mol. The van der Waals surface area contributed by atoms with Gasteiger partial charge in [-0.25, -0.2) is 4.90 Å². The molecule has 144 valence electrons. The molecule has 2 aliphatic rings. The first-order valence-electron chi connectivity index (χ1n) is 9.24. The van der Waals surface area contributed by atoms with E-state index in [4.69, 9.17) is 23.2 Å². The summed E-state index contributed by atoms with van der Waals surface area (Å²) in [6, 6.07) is 9.29. The van der Waals surface area contributed by atoms with Crippen molar-refractivity contribution < 1.29 is 14.4 Å². The van der Waals surface area contributed by atoms with Gasteiger partial charge in [-0.3, -0.25) is 14.4 Å². The lowest BCUT2D eigenvalue weighted by molar-refractivity contribution is 0.0761. The Hall–Kier alpha value is -2.37. The van der Waals surface area contributed by atoms with Crippen LogP contribution in [0.4, 0.5) is 5.69 Å². The number of imide groups is 1. The maximum absolute atomic E-state index is 12.9. The summed E-state index contributed by atoms with van der Waals surface area (Å²) in [6.07, 6.45) is 4.22. The van der Waals surface area contributed by atoms with Crippen LogP contribution in [0.5, 0.6) is 0 Å². The first-order valence-corrected chi connectivity index (χ1v) is 10.00. The molecule has 2 aromatic rings. The molecule has 4 rings (SSSR count). The first kappa shape index (κ1) is 19.0. The fourth-order valence-corrected chi connectivity index (χ4v) is 3.98. The number of halogens is 2. The van der Waals surface area contributed by atoms with Crippen LogP contribution in [0, 0.1) is 0 Å². The Kier molecular flexibility index (Phi) is 5.13. The number of fused-ring (bicyclic) bond motifs is 1. The Labute approximate surface area is 172 Å². The molecule has 1 fully saturated rings. The van der Waals surface area contributed by atoms with E-state index in [0.717, 1.165) is 43.7 Å². The maximum atomic E-state index is 12.9. The van der Waals surface area contributed by atoms with E-state index < -0.39 is 11.8 Å². The van der Waals surface area contributed by atoms with Crippen molar-refractivity contribution in [3.05, 3.63) is 63.1 Å². The smallest absolute Gasteiger partial charge is 0.266 e. The Morgan fingerprint density at radius 2 is 1.46 bits per heavy atom. The molecule has 2 heterocycles. The molecule has 0 aromatic heterocycles. The van der Waals surface area contributed by atoms with Crippen LogP contribution in [0.1, 0.15) is 56.8 Å². The van der Waals surface area contributed by atoms with Gasteiger partial charge in [-0.05, 0) is 49.2 Å². The van der Waals surface area contributed by atoms with Crippen LogP contribution >= 0.6 is 23.2 Å². The minimum atomic E-state index is -0.469.